The van der Waals surface area contributed by atoms with Gasteiger partial charge in [-0.05, 0) is 50.0 Å². The van der Waals surface area contributed by atoms with Gasteiger partial charge in [-0.15, -0.1) is 0 Å². The molecular formula is C17H24N4O2. The average Bonchev–Trinajstić information content (AvgIpc) is 2.55. The number of benzene rings is 1. The Morgan fingerprint density at radius 2 is 2.22 bits per heavy atom. The summed E-state index contributed by atoms with van der Waals surface area (Å²) in [7, 11) is 0. The topological polar surface area (TPSA) is 88.4 Å². The lowest BCUT2D eigenvalue weighted by atomic mass is 9.99. The van der Waals surface area contributed by atoms with Gasteiger partial charge in [0, 0.05) is 18.8 Å². The number of aliphatic hydroxyl groups is 1. The summed E-state index contributed by atoms with van der Waals surface area (Å²) in [6.45, 7) is 5.05. The summed E-state index contributed by atoms with van der Waals surface area (Å²) in [5.74, 6) is 0.761. The van der Waals surface area contributed by atoms with Crippen LogP contribution in [0, 0.1) is 17.2 Å². The van der Waals surface area contributed by atoms with E-state index in [1.54, 1.807) is 24.3 Å². The van der Waals surface area contributed by atoms with Crippen molar-refractivity contribution in [3.8, 4) is 6.07 Å². The molecule has 1 heterocycles. The molecule has 3 N–H and O–H groups in total. The highest BCUT2D eigenvalue weighted by Gasteiger charge is 2.18. The summed E-state index contributed by atoms with van der Waals surface area (Å²) < 4.78 is 0. The minimum atomic E-state index is -0.584. The monoisotopic (exact) mass is 316 g/mol. The van der Waals surface area contributed by atoms with Crippen LogP contribution in [0.5, 0.6) is 0 Å². The summed E-state index contributed by atoms with van der Waals surface area (Å²) in [6.07, 6.45) is 1.74. The molecule has 1 saturated heterocycles. The first kappa shape index (κ1) is 17.3. The van der Waals surface area contributed by atoms with Gasteiger partial charge in [-0.25, -0.2) is 4.79 Å². The largest absolute Gasteiger partial charge is 0.390 e. The maximum absolute atomic E-state index is 11.8. The Morgan fingerprint density at radius 1 is 1.48 bits per heavy atom. The Bertz CT molecular complexity index is 562. The Labute approximate surface area is 137 Å². The first-order valence-electron chi connectivity index (χ1n) is 8.02. The third-order valence-corrected chi connectivity index (χ3v) is 4.09. The highest BCUT2D eigenvalue weighted by atomic mass is 16.3. The van der Waals surface area contributed by atoms with E-state index in [-0.39, 0.29) is 12.6 Å². The van der Waals surface area contributed by atoms with E-state index in [4.69, 9.17) is 5.26 Å². The van der Waals surface area contributed by atoms with Crippen molar-refractivity contribution in [1.29, 1.82) is 5.26 Å². The minimum absolute atomic E-state index is 0.204. The zero-order valence-corrected chi connectivity index (χ0v) is 13.5. The van der Waals surface area contributed by atoms with Crippen molar-refractivity contribution in [3.05, 3.63) is 29.8 Å². The van der Waals surface area contributed by atoms with Gasteiger partial charge in [0.1, 0.15) is 0 Å². The molecule has 1 aliphatic heterocycles. The summed E-state index contributed by atoms with van der Waals surface area (Å²) in [5, 5.41) is 24.2. The van der Waals surface area contributed by atoms with E-state index < -0.39 is 6.10 Å². The number of nitrogens with zero attached hydrogens (tertiary/aromatic N) is 2. The van der Waals surface area contributed by atoms with Crippen molar-refractivity contribution in [2.75, 3.05) is 31.5 Å². The number of piperidine rings is 1. The molecule has 6 nitrogen and oxygen atoms in total. The predicted molar refractivity (Wildman–Crippen MR) is 89.0 cm³/mol. The molecule has 0 saturated carbocycles. The van der Waals surface area contributed by atoms with E-state index in [1.807, 2.05) is 6.07 Å². The maximum atomic E-state index is 11.8. The van der Waals surface area contributed by atoms with Crippen LogP contribution >= 0.6 is 0 Å². The molecule has 124 valence electrons. The van der Waals surface area contributed by atoms with Gasteiger partial charge < -0.3 is 20.6 Å². The van der Waals surface area contributed by atoms with Crippen LogP contribution in [-0.2, 0) is 0 Å². The lowest BCUT2D eigenvalue weighted by Gasteiger charge is -2.31. The highest BCUT2D eigenvalue weighted by Crippen LogP contribution is 2.15. The van der Waals surface area contributed by atoms with Gasteiger partial charge in [-0.3, -0.25) is 0 Å². The number of hydrogen-bond donors (Lipinski definition) is 3. The summed E-state index contributed by atoms with van der Waals surface area (Å²) in [4.78, 5) is 14.1. The number of anilines is 1. The highest BCUT2D eigenvalue weighted by molar-refractivity contribution is 5.89. The molecule has 2 rings (SSSR count). The number of carbonyl (C=O) groups is 1. The SMILES string of the molecule is CC1CCN(CC(O)CNC(=O)Nc2cccc(C#N)c2)CC1. The standard InChI is InChI=1S/C17H24N4O2/c1-13-5-7-21(8-6-13)12-16(22)11-19-17(23)20-15-4-2-3-14(9-15)10-18/h2-4,9,13,16,22H,5-8,11-12H2,1H3,(H2,19,20,23). The van der Waals surface area contributed by atoms with Crippen molar-refractivity contribution in [1.82, 2.24) is 10.2 Å². The molecule has 1 aliphatic rings. The lowest BCUT2D eigenvalue weighted by Crippen LogP contribution is -2.43. The van der Waals surface area contributed by atoms with Crippen LogP contribution in [0.1, 0.15) is 25.3 Å². The number of carbonyl (C=O) groups excluding carboxylic acids is 1. The van der Waals surface area contributed by atoms with E-state index in [0.29, 0.717) is 17.8 Å². The quantitative estimate of drug-likeness (QED) is 0.772. The van der Waals surface area contributed by atoms with Crippen LogP contribution in [0.15, 0.2) is 24.3 Å². The van der Waals surface area contributed by atoms with Crippen LogP contribution in [-0.4, -0.2) is 48.3 Å². The first-order valence-corrected chi connectivity index (χ1v) is 8.02. The smallest absolute Gasteiger partial charge is 0.319 e. The van der Waals surface area contributed by atoms with Crippen molar-refractivity contribution >= 4 is 11.7 Å². The zero-order valence-electron chi connectivity index (χ0n) is 13.5. The summed E-state index contributed by atoms with van der Waals surface area (Å²) in [6, 6.07) is 8.34. The second-order valence-corrected chi connectivity index (χ2v) is 6.16. The average molecular weight is 316 g/mol. The number of nitriles is 1. The fourth-order valence-electron chi connectivity index (χ4n) is 2.66. The number of urea groups is 1. The van der Waals surface area contributed by atoms with E-state index in [0.717, 1.165) is 31.8 Å². The Hall–Kier alpha value is -2.10. The molecule has 23 heavy (non-hydrogen) atoms. The second kappa shape index (κ2) is 8.51. The van der Waals surface area contributed by atoms with Gasteiger partial charge in [-0.1, -0.05) is 13.0 Å². The van der Waals surface area contributed by atoms with Gasteiger partial charge in [0.25, 0.3) is 0 Å². The Kier molecular flexibility index (Phi) is 6.39. The Morgan fingerprint density at radius 3 is 2.91 bits per heavy atom. The van der Waals surface area contributed by atoms with Crippen LogP contribution in [0.3, 0.4) is 0 Å². The van der Waals surface area contributed by atoms with Crippen LogP contribution in [0.25, 0.3) is 0 Å². The second-order valence-electron chi connectivity index (χ2n) is 6.16. The number of hydrogen-bond acceptors (Lipinski definition) is 4. The summed E-state index contributed by atoms with van der Waals surface area (Å²) >= 11 is 0. The van der Waals surface area contributed by atoms with E-state index in [9.17, 15) is 9.90 Å². The minimum Gasteiger partial charge on any atom is -0.390 e. The fraction of sp³-hybridized carbons (Fsp3) is 0.529. The molecule has 1 fully saturated rings. The van der Waals surface area contributed by atoms with Gasteiger partial charge in [0.2, 0.25) is 0 Å². The van der Waals surface area contributed by atoms with Gasteiger partial charge in [-0.2, -0.15) is 5.26 Å². The number of amides is 2. The van der Waals surface area contributed by atoms with Gasteiger partial charge >= 0.3 is 6.03 Å². The normalized spacial score (nSPS) is 17.3. The van der Waals surface area contributed by atoms with Gasteiger partial charge in [0.15, 0.2) is 0 Å². The fourth-order valence-corrected chi connectivity index (χ4v) is 2.66. The first-order chi connectivity index (χ1) is 11.1. The Balaban J connectivity index is 1.70. The van der Waals surface area contributed by atoms with E-state index >= 15 is 0 Å². The number of nitrogens with one attached hydrogen (secondary N) is 2. The molecule has 1 aromatic carbocycles. The number of rotatable bonds is 5. The molecule has 0 aliphatic carbocycles. The molecule has 1 aromatic rings. The van der Waals surface area contributed by atoms with E-state index in [2.05, 4.69) is 22.5 Å². The van der Waals surface area contributed by atoms with Crippen LogP contribution in [0.4, 0.5) is 10.5 Å². The van der Waals surface area contributed by atoms with Crippen LogP contribution < -0.4 is 10.6 Å². The van der Waals surface area contributed by atoms with Crippen molar-refractivity contribution < 1.29 is 9.90 Å². The number of aliphatic hydroxyl groups excluding tert-OH is 1. The van der Waals surface area contributed by atoms with Crippen molar-refractivity contribution in [2.24, 2.45) is 5.92 Å². The lowest BCUT2D eigenvalue weighted by molar-refractivity contribution is 0.0924. The molecule has 0 aromatic heterocycles. The number of likely N-dealkylation sites (tertiary alicyclic amines) is 1. The van der Waals surface area contributed by atoms with Crippen LogP contribution in [0.2, 0.25) is 0 Å². The molecule has 2 amide bonds. The van der Waals surface area contributed by atoms with Crippen molar-refractivity contribution in [2.45, 2.75) is 25.9 Å². The molecule has 1 atom stereocenters. The molecule has 0 spiro atoms. The molecule has 6 heteroatoms. The molecular weight excluding hydrogens is 292 g/mol. The van der Waals surface area contributed by atoms with Gasteiger partial charge in [0.05, 0.1) is 17.7 Å². The zero-order chi connectivity index (χ0) is 16.7. The molecule has 1 unspecified atom stereocenters. The van der Waals surface area contributed by atoms with E-state index in [1.165, 1.54) is 0 Å². The third kappa shape index (κ3) is 5.89. The number of β-amino-alcohol motifs (C(OH)–C–C–N with tert-alkyl or cyclic N) is 1. The predicted octanol–water partition coefficient (Wildman–Crippen LogP) is 1.77. The maximum Gasteiger partial charge on any atom is 0.319 e. The van der Waals surface area contributed by atoms with Crippen molar-refractivity contribution in [3.63, 3.8) is 0 Å². The molecule has 0 radical (unpaired) electrons. The third-order valence-electron chi connectivity index (χ3n) is 4.09. The molecule has 0 bridgehead atoms. The summed E-state index contributed by atoms with van der Waals surface area (Å²) in [5.41, 5.74) is 1.04.